The van der Waals surface area contributed by atoms with Gasteiger partial charge in [-0.1, -0.05) is 6.54 Å². The molecular formula is C7H12NO2Y-. The monoisotopic (exact) mass is 231 g/mol. The first-order valence-electron chi connectivity index (χ1n) is 3.38. The molecule has 0 aromatic heterocycles. The van der Waals surface area contributed by atoms with Gasteiger partial charge in [0.25, 0.3) is 0 Å². The maximum Gasteiger partial charge on any atom is 0.406 e. The summed E-state index contributed by atoms with van der Waals surface area (Å²) in [5, 5.41) is 0. The van der Waals surface area contributed by atoms with Gasteiger partial charge in [-0.25, -0.2) is 4.79 Å². The van der Waals surface area contributed by atoms with Crippen LogP contribution in [0.3, 0.4) is 0 Å². The normalized spacial score (nSPS) is 17.8. The molecule has 61 valence electrons. The smallest absolute Gasteiger partial charge is 0.406 e. The summed E-state index contributed by atoms with van der Waals surface area (Å²) in [6.45, 7) is 3.65. The number of carbonyl (C=O) groups is 1. The van der Waals surface area contributed by atoms with Gasteiger partial charge in [0.2, 0.25) is 0 Å². The molecule has 0 bridgehead atoms. The van der Waals surface area contributed by atoms with Gasteiger partial charge in [-0.3, -0.25) is 5.92 Å². The van der Waals surface area contributed by atoms with Gasteiger partial charge in [0.1, 0.15) is 0 Å². The zero-order chi connectivity index (χ0) is 7.56. The van der Waals surface area contributed by atoms with Crippen molar-refractivity contribution in [3.05, 3.63) is 5.92 Å². The molecule has 1 amide bonds. The Kier molecular flexibility index (Phi) is 5.27. The number of likely N-dealkylation sites (tertiary alicyclic amines) is 1. The Morgan fingerprint density at radius 1 is 1.64 bits per heavy atom. The van der Waals surface area contributed by atoms with Gasteiger partial charge in [-0.15, -0.1) is 0 Å². The molecule has 1 aliphatic rings. The number of methoxy groups -OCH3 is 1. The molecule has 1 rings (SSSR count). The molecule has 1 aliphatic heterocycles. The minimum absolute atomic E-state index is 0. The average Bonchev–Trinajstić information content (AvgIpc) is 2.34. The molecule has 0 aromatic rings. The van der Waals surface area contributed by atoms with Crippen LogP contribution in [0.25, 0.3) is 0 Å². The standard InChI is InChI=1S/C7H12NO2.Y/c1-6-3-4-8(5-6)7(9)10-2;/h3-5H2,1-2H3;/q-1;. The van der Waals surface area contributed by atoms with Crippen LogP contribution < -0.4 is 0 Å². The van der Waals surface area contributed by atoms with E-state index >= 15 is 0 Å². The van der Waals surface area contributed by atoms with Gasteiger partial charge in [-0.2, -0.15) is 13.3 Å². The Labute approximate surface area is 92.3 Å². The number of ether oxygens (including phenoxy) is 1. The van der Waals surface area contributed by atoms with E-state index in [1.807, 2.05) is 0 Å². The second kappa shape index (κ2) is 5.10. The van der Waals surface area contributed by atoms with Gasteiger partial charge < -0.3 is 9.64 Å². The summed E-state index contributed by atoms with van der Waals surface area (Å²) in [6.07, 6.45) is 0.812. The van der Waals surface area contributed by atoms with E-state index in [2.05, 4.69) is 11.7 Å². The Hall–Kier alpha value is 0.374. The van der Waals surface area contributed by atoms with Crippen molar-refractivity contribution in [1.29, 1.82) is 0 Å². The third-order valence-electron chi connectivity index (χ3n) is 1.70. The first kappa shape index (κ1) is 11.4. The fourth-order valence-electron chi connectivity index (χ4n) is 1.09. The Morgan fingerprint density at radius 3 is 2.64 bits per heavy atom. The molecule has 0 N–H and O–H groups in total. The summed E-state index contributed by atoms with van der Waals surface area (Å²) in [4.78, 5) is 12.6. The van der Waals surface area contributed by atoms with E-state index in [9.17, 15) is 4.79 Å². The van der Waals surface area contributed by atoms with Crippen LogP contribution in [0.1, 0.15) is 13.3 Å². The molecule has 0 unspecified atom stereocenters. The van der Waals surface area contributed by atoms with Crippen molar-refractivity contribution in [2.45, 2.75) is 13.3 Å². The molecule has 0 spiro atoms. The van der Waals surface area contributed by atoms with E-state index in [0.717, 1.165) is 19.5 Å². The third-order valence-corrected chi connectivity index (χ3v) is 1.70. The number of rotatable bonds is 0. The van der Waals surface area contributed by atoms with Crippen molar-refractivity contribution < 1.29 is 42.2 Å². The first-order chi connectivity index (χ1) is 4.74. The maximum atomic E-state index is 10.8. The van der Waals surface area contributed by atoms with E-state index in [1.54, 1.807) is 4.90 Å². The predicted octanol–water partition coefficient (Wildman–Crippen LogP) is 1.05. The van der Waals surface area contributed by atoms with Crippen LogP contribution in [-0.4, -0.2) is 31.2 Å². The summed E-state index contributed by atoms with van der Waals surface area (Å²) in [7, 11) is 1.41. The van der Waals surface area contributed by atoms with Crippen molar-refractivity contribution >= 4 is 6.09 Å². The van der Waals surface area contributed by atoms with Crippen LogP contribution in [0.5, 0.6) is 0 Å². The van der Waals surface area contributed by atoms with Crippen molar-refractivity contribution in [2.24, 2.45) is 0 Å². The number of carbonyl (C=O) groups excluding carboxylic acids is 1. The molecule has 0 saturated carbocycles. The van der Waals surface area contributed by atoms with Crippen molar-refractivity contribution in [3.8, 4) is 0 Å². The van der Waals surface area contributed by atoms with Crippen LogP contribution in [0.4, 0.5) is 4.79 Å². The van der Waals surface area contributed by atoms with Crippen LogP contribution in [-0.2, 0) is 37.4 Å². The molecule has 1 heterocycles. The van der Waals surface area contributed by atoms with Crippen LogP contribution in [0.2, 0.25) is 0 Å². The van der Waals surface area contributed by atoms with E-state index in [4.69, 9.17) is 0 Å². The summed E-state index contributed by atoms with van der Waals surface area (Å²) in [6, 6.07) is 0. The van der Waals surface area contributed by atoms with Gasteiger partial charge in [-0.05, 0) is 6.54 Å². The van der Waals surface area contributed by atoms with Crippen molar-refractivity contribution in [3.63, 3.8) is 0 Å². The molecular weight excluding hydrogens is 219 g/mol. The minimum Gasteiger partial charge on any atom is -0.453 e. The number of nitrogens with zero attached hydrogens (tertiary/aromatic N) is 1. The zero-order valence-electron chi connectivity index (χ0n) is 6.96. The molecule has 0 aromatic carbocycles. The van der Waals surface area contributed by atoms with Crippen LogP contribution in [0.15, 0.2) is 0 Å². The molecule has 1 saturated heterocycles. The second-order valence-corrected chi connectivity index (χ2v) is 2.60. The summed E-state index contributed by atoms with van der Waals surface area (Å²) in [5.41, 5.74) is 0. The van der Waals surface area contributed by atoms with Gasteiger partial charge in [0.05, 0.1) is 7.11 Å². The van der Waals surface area contributed by atoms with Crippen LogP contribution in [0, 0.1) is 5.92 Å². The zero-order valence-corrected chi connectivity index (χ0v) is 9.80. The second-order valence-electron chi connectivity index (χ2n) is 2.60. The van der Waals surface area contributed by atoms with Crippen LogP contribution >= 0.6 is 0 Å². The fraction of sp³-hybridized carbons (Fsp3) is 0.714. The molecule has 11 heavy (non-hydrogen) atoms. The molecule has 0 aliphatic carbocycles. The van der Waals surface area contributed by atoms with E-state index in [-0.39, 0.29) is 38.8 Å². The van der Waals surface area contributed by atoms with Gasteiger partial charge in [0.15, 0.2) is 0 Å². The van der Waals surface area contributed by atoms with Gasteiger partial charge >= 0.3 is 6.09 Å². The SMILES string of the molecule is COC(=O)N1CC[C-](C)C1.[Y]. The molecule has 3 nitrogen and oxygen atoms in total. The van der Waals surface area contributed by atoms with Crippen molar-refractivity contribution in [2.75, 3.05) is 20.2 Å². The minimum atomic E-state index is -0.211. The summed E-state index contributed by atoms with van der Waals surface area (Å²) < 4.78 is 4.56. The van der Waals surface area contributed by atoms with E-state index in [0.29, 0.717) is 0 Å². The first-order valence-corrected chi connectivity index (χ1v) is 3.38. The Morgan fingerprint density at radius 2 is 2.27 bits per heavy atom. The molecule has 1 radical (unpaired) electrons. The topological polar surface area (TPSA) is 29.5 Å². The molecule has 1 fully saturated rings. The molecule has 0 atom stereocenters. The van der Waals surface area contributed by atoms with Crippen molar-refractivity contribution in [1.82, 2.24) is 4.90 Å². The Balaban J connectivity index is 0.000001000. The number of hydrogen-bond donors (Lipinski definition) is 0. The fourth-order valence-corrected chi connectivity index (χ4v) is 1.09. The van der Waals surface area contributed by atoms with E-state index in [1.165, 1.54) is 13.0 Å². The average molecular weight is 231 g/mol. The maximum absolute atomic E-state index is 10.8. The quantitative estimate of drug-likeness (QED) is 0.583. The third kappa shape index (κ3) is 3.08. The number of amides is 1. The predicted molar refractivity (Wildman–Crippen MR) is 37.5 cm³/mol. The van der Waals surface area contributed by atoms with Gasteiger partial charge in [0, 0.05) is 32.7 Å². The summed E-state index contributed by atoms with van der Waals surface area (Å²) >= 11 is 0. The number of hydrogen-bond acceptors (Lipinski definition) is 2. The largest absolute Gasteiger partial charge is 0.453 e. The van der Waals surface area contributed by atoms with E-state index < -0.39 is 0 Å². The Bertz CT molecular complexity index is 140. The molecule has 4 heteroatoms. The summed E-state index contributed by atoms with van der Waals surface area (Å²) in [5.74, 6) is 1.35.